The van der Waals surface area contributed by atoms with Crippen LogP contribution >= 0.6 is 39.3 Å². The van der Waals surface area contributed by atoms with Gasteiger partial charge in [-0.15, -0.1) is 11.8 Å². The van der Waals surface area contributed by atoms with Crippen molar-refractivity contribution < 1.29 is 4.79 Å². The molecule has 0 heterocycles. The molecule has 0 unspecified atom stereocenters. The number of nitrogens with two attached hydrogens (primary N) is 2. The van der Waals surface area contributed by atoms with Gasteiger partial charge in [-0.1, -0.05) is 33.6 Å². The summed E-state index contributed by atoms with van der Waals surface area (Å²) in [5.41, 5.74) is 10.1. The predicted molar refractivity (Wildman–Crippen MR) is 91.2 cm³/mol. The Labute approximate surface area is 140 Å². The number of hydrazine groups is 1. The second-order valence-electron chi connectivity index (χ2n) is 4.26. The fourth-order valence-corrected chi connectivity index (χ4v) is 3.65. The average molecular weight is 387 g/mol. The predicted octanol–water partition coefficient (Wildman–Crippen LogP) is 3.58. The minimum Gasteiger partial charge on any atom is -0.399 e. The number of halogens is 2. The monoisotopic (exact) mass is 385 g/mol. The smallest absolute Gasteiger partial charge is 0.265 e. The second kappa shape index (κ2) is 7.17. The Morgan fingerprint density at radius 1 is 1.29 bits per heavy atom. The van der Waals surface area contributed by atoms with Crippen molar-refractivity contribution >= 4 is 50.9 Å². The molecule has 2 aromatic rings. The number of nitrogens with one attached hydrogen (secondary N) is 1. The zero-order valence-corrected chi connectivity index (χ0v) is 14.1. The second-order valence-corrected chi connectivity index (χ2v) is 6.54. The van der Waals surface area contributed by atoms with Crippen LogP contribution in [0.4, 0.5) is 5.69 Å². The molecule has 110 valence electrons. The molecule has 0 atom stereocenters. The average Bonchev–Trinajstić information content (AvgIpc) is 2.48. The molecular weight excluding hydrogens is 374 g/mol. The zero-order valence-electron chi connectivity index (χ0n) is 10.9. The fourth-order valence-electron chi connectivity index (χ4n) is 1.68. The molecule has 0 fully saturated rings. The van der Waals surface area contributed by atoms with E-state index in [-0.39, 0.29) is 5.91 Å². The number of benzene rings is 2. The minimum absolute atomic E-state index is 0.325. The van der Waals surface area contributed by atoms with Crippen molar-refractivity contribution in [3.8, 4) is 0 Å². The number of rotatable bonds is 4. The lowest BCUT2D eigenvalue weighted by atomic mass is 10.1. The van der Waals surface area contributed by atoms with Crippen LogP contribution in [0, 0.1) is 0 Å². The lowest BCUT2D eigenvalue weighted by Crippen LogP contribution is -2.29. The van der Waals surface area contributed by atoms with E-state index >= 15 is 0 Å². The van der Waals surface area contributed by atoms with Gasteiger partial charge in [-0.3, -0.25) is 10.2 Å². The molecule has 0 radical (unpaired) electrons. The van der Waals surface area contributed by atoms with Crippen LogP contribution in [0.3, 0.4) is 0 Å². The first-order valence-electron chi connectivity index (χ1n) is 5.98. The standard InChI is InChI=1S/C14H13BrClN3OS/c15-11-5-8(14(20)19-18)1-2-9(11)7-21-13-6-10(17)3-4-12(13)16/h1-6H,7,17-18H2,(H,19,20). The van der Waals surface area contributed by atoms with Crippen molar-refractivity contribution in [1.29, 1.82) is 0 Å². The normalized spacial score (nSPS) is 10.4. The first kappa shape index (κ1) is 16.2. The molecule has 5 N–H and O–H groups in total. The number of carbonyl (C=O) groups excluding carboxylic acids is 1. The molecule has 0 aliphatic rings. The Kier molecular flexibility index (Phi) is 5.52. The van der Waals surface area contributed by atoms with Gasteiger partial charge in [0, 0.05) is 26.4 Å². The van der Waals surface area contributed by atoms with Crippen LogP contribution in [-0.2, 0) is 5.75 Å². The molecule has 0 aliphatic heterocycles. The van der Waals surface area contributed by atoms with Gasteiger partial charge in [0.15, 0.2) is 0 Å². The Bertz CT molecular complexity index is 681. The van der Waals surface area contributed by atoms with Gasteiger partial charge in [-0.05, 0) is 35.9 Å². The molecule has 0 saturated heterocycles. The highest BCUT2D eigenvalue weighted by atomic mass is 79.9. The zero-order chi connectivity index (χ0) is 15.4. The first-order chi connectivity index (χ1) is 10.0. The molecule has 4 nitrogen and oxygen atoms in total. The number of carbonyl (C=O) groups is 1. The quantitative estimate of drug-likeness (QED) is 0.247. The van der Waals surface area contributed by atoms with Crippen molar-refractivity contribution in [3.05, 3.63) is 57.0 Å². The molecule has 21 heavy (non-hydrogen) atoms. The van der Waals surface area contributed by atoms with Gasteiger partial charge in [0.2, 0.25) is 0 Å². The van der Waals surface area contributed by atoms with Gasteiger partial charge in [0.1, 0.15) is 0 Å². The maximum atomic E-state index is 11.4. The number of hydrogen-bond donors (Lipinski definition) is 3. The van der Waals surface area contributed by atoms with Gasteiger partial charge in [-0.2, -0.15) is 0 Å². The molecule has 0 aliphatic carbocycles. The lowest BCUT2D eigenvalue weighted by molar-refractivity contribution is 0.0953. The first-order valence-corrected chi connectivity index (χ1v) is 8.14. The van der Waals surface area contributed by atoms with E-state index in [2.05, 4.69) is 21.4 Å². The molecule has 0 saturated carbocycles. The molecule has 1 amide bonds. The summed E-state index contributed by atoms with van der Waals surface area (Å²) in [6.07, 6.45) is 0. The van der Waals surface area contributed by atoms with Gasteiger partial charge in [0.05, 0.1) is 5.02 Å². The van der Waals surface area contributed by atoms with E-state index < -0.39 is 0 Å². The number of hydrogen-bond acceptors (Lipinski definition) is 4. The summed E-state index contributed by atoms with van der Waals surface area (Å²) >= 11 is 11.2. The third kappa shape index (κ3) is 4.14. The van der Waals surface area contributed by atoms with Crippen LogP contribution in [0.1, 0.15) is 15.9 Å². The lowest BCUT2D eigenvalue weighted by Gasteiger charge is -2.08. The van der Waals surface area contributed by atoms with Crippen molar-refractivity contribution in [2.24, 2.45) is 5.84 Å². The molecule has 2 rings (SSSR count). The third-order valence-electron chi connectivity index (χ3n) is 2.78. The molecule has 0 aromatic heterocycles. The SMILES string of the molecule is NNC(=O)c1ccc(CSc2cc(N)ccc2Cl)c(Br)c1. The third-order valence-corrected chi connectivity index (χ3v) is 5.07. The summed E-state index contributed by atoms with van der Waals surface area (Å²) in [5.74, 6) is 5.49. The maximum absolute atomic E-state index is 11.4. The van der Waals surface area contributed by atoms with E-state index in [1.807, 2.05) is 12.1 Å². The summed E-state index contributed by atoms with van der Waals surface area (Å²) in [5, 5.41) is 0.671. The van der Waals surface area contributed by atoms with Crippen LogP contribution < -0.4 is 17.0 Å². The Morgan fingerprint density at radius 2 is 2.05 bits per heavy atom. The topological polar surface area (TPSA) is 81.1 Å². The van der Waals surface area contributed by atoms with Crippen molar-refractivity contribution in [2.75, 3.05) is 5.73 Å². The van der Waals surface area contributed by atoms with E-state index in [0.29, 0.717) is 22.0 Å². The summed E-state index contributed by atoms with van der Waals surface area (Å²) < 4.78 is 0.844. The molecular formula is C14H13BrClN3OS. The van der Waals surface area contributed by atoms with E-state index in [1.54, 1.807) is 36.0 Å². The number of anilines is 1. The summed E-state index contributed by atoms with van der Waals surface area (Å²) in [6, 6.07) is 10.7. The van der Waals surface area contributed by atoms with E-state index in [0.717, 1.165) is 14.9 Å². The Balaban J connectivity index is 2.13. The van der Waals surface area contributed by atoms with Crippen LogP contribution in [0.25, 0.3) is 0 Å². The number of amides is 1. The highest BCUT2D eigenvalue weighted by Crippen LogP contribution is 2.33. The van der Waals surface area contributed by atoms with Crippen LogP contribution in [-0.4, -0.2) is 5.91 Å². The number of nitrogen functional groups attached to an aromatic ring is 2. The summed E-state index contributed by atoms with van der Waals surface area (Å²) in [6.45, 7) is 0. The minimum atomic E-state index is -0.325. The highest BCUT2D eigenvalue weighted by molar-refractivity contribution is 9.10. The molecule has 0 spiro atoms. The van der Waals surface area contributed by atoms with Crippen molar-refractivity contribution in [2.45, 2.75) is 10.6 Å². The molecule has 0 bridgehead atoms. The van der Waals surface area contributed by atoms with Crippen LogP contribution in [0.15, 0.2) is 45.8 Å². The van der Waals surface area contributed by atoms with Crippen LogP contribution in [0.5, 0.6) is 0 Å². The van der Waals surface area contributed by atoms with Gasteiger partial charge in [-0.25, -0.2) is 5.84 Å². The van der Waals surface area contributed by atoms with Crippen molar-refractivity contribution in [1.82, 2.24) is 5.43 Å². The van der Waals surface area contributed by atoms with Crippen LogP contribution in [0.2, 0.25) is 5.02 Å². The molecule has 7 heteroatoms. The summed E-state index contributed by atoms with van der Waals surface area (Å²) in [7, 11) is 0. The van der Waals surface area contributed by atoms with E-state index in [1.165, 1.54) is 0 Å². The largest absolute Gasteiger partial charge is 0.399 e. The van der Waals surface area contributed by atoms with E-state index in [4.69, 9.17) is 23.2 Å². The summed E-state index contributed by atoms with van der Waals surface area (Å²) in [4.78, 5) is 12.4. The Morgan fingerprint density at radius 3 is 2.71 bits per heavy atom. The van der Waals surface area contributed by atoms with E-state index in [9.17, 15) is 4.79 Å². The highest BCUT2D eigenvalue weighted by Gasteiger charge is 2.09. The van der Waals surface area contributed by atoms with Crippen molar-refractivity contribution in [3.63, 3.8) is 0 Å². The van der Waals surface area contributed by atoms with Gasteiger partial charge >= 0.3 is 0 Å². The Hall–Kier alpha value is -1.21. The van der Waals surface area contributed by atoms with Gasteiger partial charge in [0.25, 0.3) is 5.91 Å². The fraction of sp³-hybridized carbons (Fsp3) is 0.0714. The maximum Gasteiger partial charge on any atom is 0.265 e. The number of thioether (sulfide) groups is 1. The van der Waals surface area contributed by atoms with Gasteiger partial charge < -0.3 is 5.73 Å². The molecule has 2 aromatic carbocycles.